The highest BCUT2D eigenvalue weighted by Gasteiger charge is 2.08. The lowest BCUT2D eigenvalue weighted by Gasteiger charge is -2.19. The SMILES string of the molecule is CCOCCCn1cc(CNC(C)(C)C)cn1. The van der Waals surface area contributed by atoms with E-state index < -0.39 is 0 Å². The van der Waals surface area contributed by atoms with Crippen molar-refractivity contribution in [3.05, 3.63) is 18.0 Å². The minimum atomic E-state index is 0.150. The highest BCUT2D eigenvalue weighted by Crippen LogP contribution is 2.04. The molecule has 0 atom stereocenters. The predicted molar refractivity (Wildman–Crippen MR) is 69.9 cm³/mol. The maximum Gasteiger partial charge on any atom is 0.0534 e. The van der Waals surface area contributed by atoms with Crippen molar-refractivity contribution in [1.82, 2.24) is 15.1 Å². The molecule has 1 heterocycles. The minimum Gasteiger partial charge on any atom is -0.382 e. The van der Waals surface area contributed by atoms with Gasteiger partial charge in [0.25, 0.3) is 0 Å². The molecule has 0 bridgehead atoms. The third-order valence-electron chi connectivity index (χ3n) is 2.39. The van der Waals surface area contributed by atoms with Gasteiger partial charge in [-0.15, -0.1) is 0 Å². The molecular formula is C13H25N3O. The third kappa shape index (κ3) is 6.44. The maximum absolute atomic E-state index is 5.30. The average molecular weight is 239 g/mol. The van der Waals surface area contributed by atoms with Gasteiger partial charge in [0.15, 0.2) is 0 Å². The highest BCUT2D eigenvalue weighted by molar-refractivity contribution is 5.03. The Hall–Kier alpha value is -0.870. The van der Waals surface area contributed by atoms with Gasteiger partial charge in [-0.2, -0.15) is 5.10 Å². The van der Waals surface area contributed by atoms with Crippen LogP contribution in [0.2, 0.25) is 0 Å². The van der Waals surface area contributed by atoms with Gasteiger partial charge in [0.1, 0.15) is 0 Å². The molecule has 1 aromatic rings. The van der Waals surface area contributed by atoms with E-state index in [-0.39, 0.29) is 5.54 Å². The second-order valence-electron chi connectivity index (χ2n) is 5.27. The molecular weight excluding hydrogens is 214 g/mol. The van der Waals surface area contributed by atoms with Gasteiger partial charge in [-0.3, -0.25) is 4.68 Å². The van der Waals surface area contributed by atoms with Gasteiger partial charge in [0.2, 0.25) is 0 Å². The molecule has 0 unspecified atom stereocenters. The molecule has 0 radical (unpaired) electrons. The van der Waals surface area contributed by atoms with Gasteiger partial charge >= 0.3 is 0 Å². The third-order valence-corrected chi connectivity index (χ3v) is 2.39. The fourth-order valence-corrected chi connectivity index (χ4v) is 1.46. The Morgan fingerprint density at radius 3 is 2.82 bits per heavy atom. The van der Waals surface area contributed by atoms with E-state index in [1.165, 1.54) is 5.56 Å². The van der Waals surface area contributed by atoms with E-state index in [1.807, 2.05) is 17.8 Å². The zero-order valence-corrected chi connectivity index (χ0v) is 11.5. The van der Waals surface area contributed by atoms with E-state index in [9.17, 15) is 0 Å². The Morgan fingerprint density at radius 1 is 1.41 bits per heavy atom. The lowest BCUT2D eigenvalue weighted by atomic mass is 10.1. The van der Waals surface area contributed by atoms with Gasteiger partial charge in [-0.25, -0.2) is 0 Å². The fraction of sp³-hybridized carbons (Fsp3) is 0.769. The molecule has 1 aromatic heterocycles. The van der Waals surface area contributed by atoms with Crippen LogP contribution in [0, 0.1) is 0 Å². The van der Waals surface area contributed by atoms with Crippen molar-refractivity contribution in [2.45, 2.75) is 52.7 Å². The van der Waals surface area contributed by atoms with Crippen LogP contribution in [-0.2, 0) is 17.8 Å². The Balaban J connectivity index is 2.28. The average Bonchev–Trinajstić information content (AvgIpc) is 2.69. The van der Waals surface area contributed by atoms with Gasteiger partial charge in [-0.05, 0) is 34.1 Å². The summed E-state index contributed by atoms with van der Waals surface area (Å²) in [5.74, 6) is 0. The number of rotatable bonds is 7. The van der Waals surface area contributed by atoms with Crippen LogP contribution in [0.4, 0.5) is 0 Å². The van der Waals surface area contributed by atoms with Gasteiger partial charge in [0.05, 0.1) is 6.20 Å². The van der Waals surface area contributed by atoms with E-state index in [4.69, 9.17) is 4.74 Å². The summed E-state index contributed by atoms with van der Waals surface area (Å²) in [4.78, 5) is 0. The van der Waals surface area contributed by atoms with E-state index >= 15 is 0 Å². The number of hydrogen-bond acceptors (Lipinski definition) is 3. The Morgan fingerprint density at radius 2 is 2.18 bits per heavy atom. The molecule has 98 valence electrons. The number of nitrogens with one attached hydrogen (secondary N) is 1. The van der Waals surface area contributed by atoms with Crippen LogP contribution in [0.25, 0.3) is 0 Å². The minimum absolute atomic E-state index is 0.150. The van der Waals surface area contributed by atoms with E-state index in [2.05, 4.69) is 37.4 Å². The number of nitrogens with zero attached hydrogens (tertiary/aromatic N) is 2. The number of hydrogen-bond donors (Lipinski definition) is 1. The quantitative estimate of drug-likeness (QED) is 0.741. The molecule has 4 heteroatoms. The lowest BCUT2D eigenvalue weighted by molar-refractivity contribution is 0.141. The summed E-state index contributed by atoms with van der Waals surface area (Å²) in [5, 5.41) is 7.79. The Bertz CT molecular complexity index is 315. The van der Waals surface area contributed by atoms with E-state index in [0.29, 0.717) is 0 Å². The first-order valence-corrected chi connectivity index (χ1v) is 6.35. The summed E-state index contributed by atoms with van der Waals surface area (Å²) in [7, 11) is 0. The summed E-state index contributed by atoms with van der Waals surface area (Å²) < 4.78 is 7.29. The molecule has 0 spiro atoms. The first-order valence-electron chi connectivity index (χ1n) is 6.35. The summed E-state index contributed by atoms with van der Waals surface area (Å²) in [5.41, 5.74) is 1.38. The van der Waals surface area contributed by atoms with Crippen LogP contribution in [0.15, 0.2) is 12.4 Å². The van der Waals surface area contributed by atoms with E-state index in [0.717, 1.165) is 32.7 Å². The molecule has 1 rings (SSSR count). The molecule has 0 saturated heterocycles. The molecule has 17 heavy (non-hydrogen) atoms. The van der Waals surface area contributed by atoms with Gasteiger partial charge < -0.3 is 10.1 Å². The summed E-state index contributed by atoms with van der Waals surface area (Å²) in [6.45, 7) is 11.9. The van der Waals surface area contributed by atoms with Crippen LogP contribution in [0.5, 0.6) is 0 Å². The zero-order chi connectivity index (χ0) is 12.7. The highest BCUT2D eigenvalue weighted by atomic mass is 16.5. The molecule has 0 aliphatic heterocycles. The summed E-state index contributed by atoms with van der Waals surface area (Å²) in [6.07, 6.45) is 5.05. The Labute approximate surface area is 104 Å². The smallest absolute Gasteiger partial charge is 0.0534 e. The normalized spacial score (nSPS) is 12.0. The van der Waals surface area contributed by atoms with Crippen LogP contribution >= 0.6 is 0 Å². The van der Waals surface area contributed by atoms with Crippen LogP contribution in [0.1, 0.15) is 39.7 Å². The van der Waals surface area contributed by atoms with Gasteiger partial charge in [-0.1, -0.05) is 0 Å². The lowest BCUT2D eigenvalue weighted by Crippen LogP contribution is -2.34. The summed E-state index contributed by atoms with van der Waals surface area (Å²) in [6, 6.07) is 0. The molecule has 0 aliphatic carbocycles. The topological polar surface area (TPSA) is 39.1 Å². The molecule has 0 saturated carbocycles. The zero-order valence-electron chi connectivity index (χ0n) is 11.5. The monoisotopic (exact) mass is 239 g/mol. The summed E-state index contributed by atoms with van der Waals surface area (Å²) >= 11 is 0. The van der Waals surface area contributed by atoms with Crippen LogP contribution in [-0.4, -0.2) is 28.5 Å². The van der Waals surface area contributed by atoms with Crippen molar-refractivity contribution in [3.63, 3.8) is 0 Å². The first-order chi connectivity index (χ1) is 8.01. The van der Waals surface area contributed by atoms with Crippen molar-refractivity contribution in [2.75, 3.05) is 13.2 Å². The standard InChI is InChI=1S/C13H25N3O/c1-5-17-8-6-7-16-11-12(10-15-16)9-14-13(2,3)4/h10-11,14H,5-9H2,1-4H3. The van der Waals surface area contributed by atoms with Crippen molar-refractivity contribution < 1.29 is 4.74 Å². The second-order valence-corrected chi connectivity index (χ2v) is 5.27. The van der Waals surface area contributed by atoms with Crippen LogP contribution in [0.3, 0.4) is 0 Å². The van der Waals surface area contributed by atoms with E-state index in [1.54, 1.807) is 0 Å². The molecule has 0 aromatic carbocycles. The maximum atomic E-state index is 5.30. The van der Waals surface area contributed by atoms with Gasteiger partial charge in [0, 0.05) is 43.6 Å². The van der Waals surface area contributed by atoms with Crippen molar-refractivity contribution in [3.8, 4) is 0 Å². The van der Waals surface area contributed by atoms with Crippen molar-refractivity contribution in [1.29, 1.82) is 0 Å². The number of aromatic nitrogens is 2. The second kappa shape index (κ2) is 6.77. The molecule has 0 fully saturated rings. The molecule has 0 aliphatic rings. The molecule has 0 amide bonds. The van der Waals surface area contributed by atoms with Crippen molar-refractivity contribution in [2.24, 2.45) is 0 Å². The predicted octanol–water partition coefficient (Wildman–Crippen LogP) is 2.20. The number of aryl methyl sites for hydroxylation is 1. The largest absolute Gasteiger partial charge is 0.382 e. The fourth-order valence-electron chi connectivity index (χ4n) is 1.46. The first kappa shape index (κ1) is 14.2. The molecule has 1 N–H and O–H groups in total. The van der Waals surface area contributed by atoms with Crippen molar-refractivity contribution >= 4 is 0 Å². The Kier molecular flexibility index (Phi) is 5.65. The van der Waals surface area contributed by atoms with Crippen LogP contribution < -0.4 is 5.32 Å². The number of ether oxygens (including phenoxy) is 1. The molecule has 4 nitrogen and oxygen atoms in total.